The van der Waals surface area contributed by atoms with Crippen LogP contribution in [0, 0.1) is 20.8 Å². The molecule has 3 aromatic carbocycles. The smallest absolute Gasteiger partial charge is 0.343 e. The Morgan fingerprint density at radius 2 is 1.50 bits per heavy atom. The van der Waals surface area contributed by atoms with Crippen LogP contribution in [0.3, 0.4) is 0 Å². The van der Waals surface area contributed by atoms with Crippen molar-refractivity contribution in [2.75, 3.05) is 5.32 Å². The monoisotopic (exact) mass is 373 g/mol. The second kappa shape index (κ2) is 8.53. The molecule has 0 fully saturated rings. The Balaban J connectivity index is 1.60. The molecule has 0 aliphatic heterocycles. The van der Waals surface area contributed by atoms with Crippen molar-refractivity contribution >= 4 is 17.6 Å². The molecule has 4 heteroatoms. The second-order valence-corrected chi connectivity index (χ2v) is 6.95. The van der Waals surface area contributed by atoms with Gasteiger partial charge in [-0.1, -0.05) is 36.4 Å². The van der Waals surface area contributed by atoms with Gasteiger partial charge >= 0.3 is 5.97 Å². The van der Waals surface area contributed by atoms with Crippen molar-refractivity contribution in [2.45, 2.75) is 27.2 Å². The minimum atomic E-state index is -0.390. The Morgan fingerprint density at radius 1 is 0.857 bits per heavy atom. The van der Waals surface area contributed by atoms with E-state index < -0.39 is 5.97 Å². The molecule has 0 unspecified atom stereocenters. The summed E-state index contributed by atoms with van der Waals surface area (Å²) in [5.41, 5.74) is 5.26. The molecule has 1 N–H and O–H groups in total. The summed E-state index contributed by atoms with van der Waals surface area (Å²) in [6.45, 7) is 5.87. The summed E-state index contributed by atoms with van der Waals surface area (Å²) < 4.78 is 5.42. The topological polar surface area (TPSA) is 55.4 Å². The molecule has 3 aromatic rings. The Hall–Kier alpha value is -3.40. The fourth-order valence-corrected chi connectivity index (χ4v) is 3.08. The Kier molecular flexibility index (Phi) is 5.90. The van der Waals surface area contributed by atoms with E-state index in [1.807, 2.05) is 45.0 Å². The number of rotatable bonds is 5. The average Bonchev–Trinajstić information content (AvgIpc) is 2.62. The van der Waals surface area contributed by atoms with E-state index in [0.29, 0.717) is 11.3 Å². The molecule has 0 aromatic heterocycles. The number of carbonyl (C=O) groups is 2. The van der Waals surface area contributed by atoms with E-state index in [2.05, 4.69) is 11.4 Å². The number of nitrogens with one attached hydrogen (secondary N) is 1. The molecule has 0 radical (unpaired) electrons. The zero-order valence-electron chi connectivity index (χ0n) is 16.3. The van der Waals surface area contributed by atoms with Gasteiger partial charge in [0.15, 0.2) is 0 Å². The van der Waals surface area contributed by atoms with Crippen LogP contribution in [0.15, 0.2) is 66.7 Å². The first-order valence-electron chi connectivity index (χ1n) is 9.15. The van der Waals surface area contributed by atoms with Crippen LogP contribution in [0.25, 0.3) is 0 Å². The van der Waals surface area contributed by atoms with Crippen molar-refractivity contribution in [3.63, 3.8) is 0 Å². The van der Waals surface area contributed by atoms with Gasteiger partial charge in [-0.2, -0.15) is 0 Å². The van der Waals surface area contributed by atoms with Gasteiger partial charge in [-0.15, -0.1) is 0 Å². The van der Waals surface area contributed by atoms with Crippen LogP contribution in [0.5, 0.6) is 5.75 Å². The van der Waals surface area contributed by atoms with Gasteiger partial charge in [0.25, 0.3) is 0 Å². The molecule has 3 rings (SSSR count). The molecule has 1 amide bonds. The molecule has 28 heavy (non-hydrogen) atoms. The number of hydrogen-bond donors (Lipinski definition) is 1. The summed E-state index contributed by atoms with van der Waals surface area (Å²) in [6.07, 6.45) is 0.249. The van der Waals surface area contributed by atoms with Gasteiger partial charge in [0.1, 0.15) is 5.75 Å². The van der Waals surface area contributed by atoms with E-state index in [0.717, 1.165) is 27.9 Å². The lowest BCUT2D eigenvalue weighted by atomic mass is 10.1. The SMILES string of the molecule is Cc1cc(C)cc(NC(=O)Cc2ccc(OC(=O)c3ccccc3C)cc2)c1. The molecule has 0 saturated carbocycles. The summed E-state index contributed by atoms with van der Waals surface area (Å²) in [5.74, 6) is -0.0280. The van der Waals surface area contributed by atoms with E-state index in [1.54, 1.807) is 36.4 Å². The van der Waals surface area contributed by atoms with Gasteiger partial charge in [0.05, 0.1) is 12.0 Å². The molecular formula is C24H23NO3. The van der Waals surface area contributed by atoms with Gasteiger partial charge < -0.3 is 10.1 Å². The van der Waals surface area contributed by atoms with Crippen molar-refractivity contribution in [1.82, 2.24) is 0 Å². The third-order valence-electron chi connectivity index (χ3n) is 4.37. The van der Waals surface area contributed by atoms with Crippen LogP contribution in [-0.4, -0.2) is 11.9 Å². The largest absolute Gasteiger partial charge is 0.423 e. The lowest BCUT2D eigenvalue weighted by Gasteiger charge is -2.09. The van der Waals surface area contributed by atoms with Crippen molar-refractivity contribution < 1.29 is 14.3 Å². The van der Waals surface area contributed by atoms with Crippen LogP contribution >= 0.6 is 0 Å². The van der Waals surface area contributed by atoms with Gasteiger partial charge in [-0.05, 0) is 73.4 Å². The van der Waals surface area contributed by atoms with Crippen molar-refractivity contribution in [3.05, 3.63) is 94.5 Å². The van der Waals surface area contributed by atoms with Gasteiger partial charge in [-0.3, -0.25) is 4.79 Å². The summed E-state index contributed by atoms with van der Waals surface area (Å²) in [6, 6.07) is 20.2. The Labute approximate surface area is 165 Å². The number of amides is 1. The van der Waals surface area contributed by atoms with E-state index >= 15 is 0 Å². The highest BCUT2D eigenvalue weighted by Gasteiger charge is 2.11. The van der Waals surface area contributed by atoms with E-state index in [-0.39, 0.29) is 12.3 Å². The van der Waals surface area contributed by atoms with Crippen molar-refractivity contribution in [2.24, 2.45) is 0 Å². The molecule has 4 nitrogen and oxygen atoms in total. The lowest BCUT2D eigenvalue weighted by molar-refractivity contribution is -0.115. The number of ether oxygens (including phenoxy) is 1. The van der Waals surface area contributed by atoms with Gasteiger partial charge in [0, 0.05) is 5.69 Å². The normalized spacial score (nSPS) is 10.4. The number of hydrogen-bond acceptors (Lipinski definition) is 3. The van der Waals surface area contributed by atoms with Gasteiger partial charge in [0.2, 0.25) is 5.91 Å². The summed E-state index contributed by atoms with van der Waals surface area (Å²) >= 11 is 0. The molecular weight excluding hydrogens is 350 g/mol. The van der Waals surface area contributed by atoms with Crippen molar-refractivity contribution in [1.29, 1.82) is 0 Å². The first-order chi connectivity index (χ1) is 13.4. The fourth-order valence-electron chi connectivity index (χ4n) is 3.08. The molecule has 0 bridgehead atoms. The first kappa shape index (κ1) is 19.4. The minimum absolute atomic E-state index is 0.0883. The van der Waals surface area contributed by atoms with Crippen LogP contribution in [0.2, 0.25) is 0 Å². The highest BCUT2D eigenvalue weighted by molar-refractivity contribution is 5.93. The van der Waals surface area contributed by atoms with Crippen LogP contribution in [0.4, 0.5) is 5.69 Å². The number of aryl methyl sites for hydroxylation is 3. The maximum atomic E-state index is 12.3. The van der Waals surface area contributed by atoms with E-state index in [1.165, 1.54) is 0 Å². The summed E-state index contributed by atoms with van der Waals surface area (Å²) in [7, 11) is 0. The Bertz CT molecular complexity index is 986. The number of carbonyl (C=O) groups excluding carboxylic acids is 2. The van der Waals surface area contributed by atoms with Crippen molar-refractivity contribution in [3.8, 4) is 5.75 Å². The zero-order chi connectivity index (χ0) is 20.1. The minimum Gasteiger partial charge on any atom is -0.423 e. The zero-order valence-corrected chi connectivity index (χ0v) is 16.3. The lowest BCUT2D eigenvalue weighted by Crippen LogP contribution is -2.14. The molecule has 0 aliphatic rings. The second-order valence-electron chi connectivity index (χ2n) is 6.95. The van der Waals surface area contributed by atoms with Crippen LogP contribution in [-0.2, 0) is 11.2 Å². The maximum Gasteiger partial charge on any atom is 0.343 e. The predicted molar refractivity (Wildman–Crippen MR) is 111 cm³/mol. The van der Waals surface area contributed by atoms with E-state index in [9.17, 15) is 9.59 Å². The highest BCUT2D eigenvalue weighted by Crippen LogP contribution is 2.17. The first-order valence-corrected chi connectivity index (χ1v) is 9.15. The number of esters is 1. The van der Waals surface area contributed by atoms with Crippen LogP contribution < -0.4 is 10.1 Å². The molecule has 142 valence electrons. The standard InChI is InChI=1S/C24H23NO3/c1-16-12-17(2)14-20(13-16)25-23(26)15-19-8-10-21(11-9-19)28-24(27)22-7-5-4-6-18(22)3/h4-14H,15H2,1-3H3,(H,25,26). The van der Waals surface area contributed by atoms with E-state index in [4.69, 9.17) is 4.74 Å². The third-order valence-corrected chi connectivity index (χ3v) is 4.37. The average molecular weight is 373 g/mol. The summed E-state index contributed by atoms with van der Waals surface area (Å²) in [5, 5.41) is 2.92. The van der Waals surface area contributed by atoms with Crippen LogP contribution in [0.1, 0.15) is 32.6 Å². The maximum absolute atomic E-state index is 12.3. The molecule has 0 aliphatic carbocycles. The molecule has 0 saturated heterocycles. The third kappa shape index (κ3) is 5.07. The molecule has 0 heterocycles. The predicted octanol–water partition coefficient (Wildman–Crippen LogP) is 5.01. The fraction of sp³-hybridized carbons (Fsp3) is 0.167. The Morgan fingerprint density at radius 3 is 2.14 bits per heavy atom. The molecule has 0 spiro atoms. The number of benzene rings is 3. The summed E-state index contributed by atoms with van der Waals surface area (Å²) in [4.78, 5) is 24.6. The molecule has 0 atom stereocenters. The quantitative estimate of drug-likeness (QED) is 0.505. The number of anilines is 1. The highest BCUT2D eigenvalue weighted by atomic mass is 16.5. The van der Waals surface area contributed by atoms with Gasteiger partial charge in [-0.25, -0.2) is 4.79 Å².